The minimum atomic E-state index is -0.855. The molecule has 0 bridgehead atoms. The van der Waals surface area contributed by atoms with Crippen molar-refractivity contribution in [2.24, 2.45) is 5.10 Å². The van der Waals surface area contributed by atoms with E-state index in [4.69, 9.17) is 30.5 Å². The third kappa shape index (κ3) is 5.05. The zero-order chi connectivity index (χ0) is 28.5. The number of hydrogen-bond acceptors (Lipinski definition) is 7. The van der Waals surface area contributed by atoms with Crippen molar-refractivity contribution in [1.82, 2.24) is 9.66 Å². The van der Waals surface area contributed by atoms with Crippen LogP contribution in [0.25, 0.3) is 44.2 Å². The Morgan fingerprint density at radius 3 is 2.63 bits per heavy atom. The molecule has 2 heterocycles. The van der Waals surface area contributed by atoms with Crippen LogP contribution in [0.3, 0.4) is 0 Å². The lowest BCUT2D eigenvalue weighted by Crippen LogP contribution is -2.26. The van der Waals surface area contributed by atoms with E-state index in [9.17, 15) is 9.59 Å². The van der Waals surface area contributed by atoms with Crippen molar-refractivity contribution in [3.63, 3.8) is 0 Å². The second-order valence-corrected chi connectivity index (χ2v) is 9.75. The van der Waals surface area contributed by atoms with Gasteiger partial charge in [-0.25, -0.2) is 9.78 Å². The smallest absolute Gasteiger partial charge is 0.347 e. The van der Waals surface area contributed by atoms with E-state index in [1.165, 1.54) is 10.9 Å². The van der Waals surface area contributed by atoms with Crippen molar-refractivity contribution in [2.75, 3.05) is 6.61 Å². The number of aromatic nitrogens is 2. The van der Waals surface area contributed by atoms with Gasteiger partial charge in [-0.05, 0) is 67.1 Å². The zero-order valence-electron chi connectivity index (χ0n) is 22.2. The molecule has 8 nitrogen and oxygen atoms in total. The van der Waals surface area contributed by atoms with Crippen molar-refractivity contribution in [1.29, 1.82) is 0 Å². The van der Waals surface area contributed by atoms with Gasteiger partial charge in [0, 0.05) is 16.0 Å². The van der Waals surface area contributed by atoms with Gasteiger partial charge in [-0.1, -0.05) is 54.1 Å². The van der Waals surface area contributed by atoms with Gasteiger partial charge in [0.2, 0.25) is 5.82 Å². The lowest BCUT2D eigenvalue weighted by atomic mass is 10.0. The van der Waals surface area contributed by atoms with Crippen molar-refractivity contribution < 1.29 is 18.7 Å². The summed E-state index contributed by atoms with van der Waals surface area (Å²) in [6.07, 6.45) is 0.683. The normalized spacial score (nSPS) is 12.4. The van der Waals surface area contributed by atoms with Crippen LogP contribution in [0, 0.1) is 0 Å². The first kappa shape index (κ1) is 26.3. The molecule has 0 amide bonds. The summed E-state index contributed by atoms with van der Waals surface area (Å²) >= 11 is 6.18. The number of nitrogens with zero attached hydrogens (tertiary/aromatic N) is 3. The van der Waals surface area contributed by atoms with Crippen LogP contribution in [0.15, 0.2) is 99.2 Å². The summed E-state index contributed by atoms with van der Waals surface area (Å²) in [5, 5.41) is 8.11. The first-order valence-corrected chi connectivity index (χ1v) is 13.4. The van der Waals surface area contributed by atoms with Crippen LogP contribution in [-0.4, -0.2) is 34.6 Å². The highest BCUT2D eigenvalue weighted by Crippen LogP contribution is 2.30. The SMILES string of the molecule is CCOC(=O)[C@@H](C)Oc1ccc2ccccc2c1C=Nn1c(-c2cc3cc(Cl)ccc3o2)nc2ccccc2c1=O. The van der Waals surface area contributed by atoms with Gasteiger partial charge in [0.1, 0.15) is 11.3 Å². The van der Waals surface area contributed by atoms with Gasteiger partial charge < -0.3 is 13.9 Å². The molecular weight excluding hydrogens is 542 g/mol. The predicted molar refractivity (Wildman–Crippen MR) is 160 cm³/mol. The molecule has 204 valence electrons. The molecule has 41 heavy (non-hydrogen) atoms. The summed E-state index contributed by atoms with van der Waals surface area (Å²) in [7, 11) is 0. The first-order chi connectivity index (χ1) is 19.9. The molecule has 9 heteroatoms. The van der Waals surface area contributed by atoms with E-state index in [0.717, 1.165) is 16.2 Å². The fourth-order valence-corrected chi connectivity index (χ4v) is 4.82. The number of hydrogen-bond donors (Lipinski definition) is 0. The lowest BCUT2D eigenvalue weighted by Gasteiger charge is -2.16. The summed E-state index contributed by atoms with van der Waals surface area (Å²) in [5.41, 5.74) is 1.32. The van der Waals surface area contributed by atoms with Crippen LogP contribution in [0.2, 0.25) is 5.02 Å². The van der Waals surface area contributed by atoms with E-state index in [-0.39, 0.29) is 18.0 Å². The molecule has 0 unspecified atom stereocenters. The summed E-state index contributed by atoms with van der Waals surface area (Å²) in [5.74, 6) is 0.507. The van der Waals surface area contributed by atoms with Crippen LogP contribution < -0.4 is 10.3 Å². The highest BCUT2D eigenvalue weighted by Gasteiger charge is 2.20. The monoisotopic (exact) mass is 565 g/mol. The van der Waals surface area contributed by atoms with Crippen molar-refractivity contribution in [2.45, 2.75) is 20.0 Å². The zero-order valence-corrected chi connectivity index (χ0v) is 23.0. The van der Waals surface area contributed by atoms with Crippen molar-refractivity contribution >= 4 is 56.4 Å². The van der Waals surface area contributed by atoms with E-state index in [2.05, 4.69) is 5.10 Å². The molecule has 4 aromatic carbocycles. The van der Waals surface area contributed by atoms with Gasteiger partial charge in [-0.15, -0.1) is 0 Å². The fourth-order valence-electron chi connectivity index (χ4n) is 4.64. The summed E-state index contributed by atoms with van der Waals surface area (Å²) in [4.78, 5) is 30.8. The van der Waals surface area contributed by atoms with Crippen molar-refractivity contribution in [3.05, 3.63) is 106 Å². The van der Waals surface area contributed by atoms with Gasteiger partial charge in [0.15, 0.2) is 11.9 Å². The molecule has 0 saturated heterocycles. The minimum absolute atomic E-state index is 0.222. The number of carbonyl (C=O) groups is 1. The molecule has 6 rings (SSSR count). The van der Waals surface area contributed by atoms with Crippen molar-refractivity contribution in [3.8, 4) is 17.3 Å². The molecule has 0 spiro atoms. The number of benzene rings is 4. The number of furan rings is 1. The second kappa shape index (κ2) is 10.9. The molecule has 6 aromatic rings. The van der Waals surface area contributed by atoms with Gasteiger partial charge in [0.05, 0.1) is 23.7 Å². The number of carbonyl (C=O) groups excluding carboxylic acids is 1. The molecule has 0 saturated carbocycles. The Morgan fingerprint density at radius 2 is 1.80 bits per heavy atom. The Kier molecular flexibility index (Phi) is 6.99. The topological polar surface area (TPSA) is 95.9 Å². The van der Waals surface area contributed by atoms with Gasteiger partial charge in [-0.2, -0.15) is 9.78 Å². The molecule has 0 aliphatic heterocycles. The van der Waals surface area contributed by atoms with E-state index < -0.39 is 12.1 Å². The van der Waals surface area contributed by atoms with Crippen LogP contribution in [0.1, 0.15) is 19.4 Å². The van der Waals surface area contributed by atoms with Crippen LogP contribution in [-0.2, 0) is 9.53 Å². The Balaban J connectivity index is 1.53. The number of para-hydroxylation sites is 1. The highest BCUT2D eigenvalue weighted by atomic mass is 35.5. The first-order valence-electron chi connectivity index (χ1n) is 13.0. The maximum absolute atomic E-state index is 13.8. The van der Waals surface area contributed by atoms with E-state index in [1.807, 2.05) is 36.4 Å². The number of rotatable bonds is 7. The van der Waals surface area contributed by atoms with E-state index >= 15 is 0 Å². The minimum Gasteiger partial charge on any atom is -0.478 e. The molecule has 0 radical (unpaired) electrons. The number of halogens is 1. The highest BCUT2D eigenvalue weighted by molar-refractivity contribution is 6.31. The summed E-state index contributed by atoms with van der Waals surface area (Å²) in [6.45, 7) is 3.60. The quantitative estimate of drug-likeness (QED) is 0.155. The fraction of sp³-hybridized carbons (Fsp3) is 0.125. The van der Waals surface area contributed by atoms with E-state index in [1.54, 1.807) is 62.4 Å². The molecule has 1 atom stereocenters. The Bertz CT molecular complexity index is 2030. The number of fused-ring (bicyclic) bond motifs is 3. The van der Waals surface area contributed by atoms with Gasteiger partial charge >= 0.3 is 5.97 Å². The largest absolute Gasteiger partial charge is 0.478 e. The molecule has 2 aromatic heterocycles. The predicted octanol–water partition coefficient (Wildman–Crippen LogP) is 6.83. The number of ether oxygens (including phenoxy) is 2. The van der Waals surface area contributed by atoms with Crippen LogP contribution in [0.5, 0.6) is 5.75 Å². The van der Waals surface area contributed by atoms with Crippen LogP contribution in [0.4, 0.5) is 0 Å². The standard InChI is InChI=1S/C32H24ClN3O5/c1-3-39-32(38)19(2)40-28-14-12-20-8-4-5-9-23(20)25(28)18-34-36-30(35-26-11-7-6-10-24(26)31(36)37)29-17-21-16-22(33)13-15-27(21)41-29/h4-19H,3H2,1-2H3/t19-/m1/s1. The average molecular weight is 566 g/mol. The van der Waals surface area contributed by atoms with Gasteiger partial charge in [0.25, 0.3) is 5.56 Å². The Hall–Kier alpha value is -4.95. The van der Waals surface area contributed by atoms with Gasteiger partial charge in [-0.3, -0.25) is 4.79 Å². The lowest BCUT2D eigenvalue weighted by molar-refractivity contribution is -0.150. The molecule has 0 aliphatic rings. The Morgan fingerprint density at radius 1 is 1.02 bits per heavy atom. The third-order valence-corrected chi connectivity index (χ3v) is 6.84. The second-order valence-electron chi connectivity index (χ2n) is 9.32. The molecule has 0 fully saturated rings. The molecular formula is C32H24ClN3O5. The average Bonchev–Trinajstić information content (AvgIpc) is 3.40. The number of esters is 1. The Labute approximate surface area is 239 Å². The maximum Gasteiger partial charge on any atom is 0.347 e. The van der Waals surface area contributed by atoms with Crippen LogP contribution >= 0.6 is 11.6 Å². The van der Waals surface area contributed by atoms with E-state index in [0.29, 0.717) is 38.6 Å². The third-order valence-electron chi connectivity index (χ3n) is 6.61. The summed E-state index contributed by atoms with van der Waals surface area (Å²) < 4.78 is 18.4. The maximum atomic E-state index is 13.8. The summed E-state index contributed by atoms with van der Waals surface area (Å²) in [6, 6.07) is 25.5. The molecule has 0 aliphatic carbocycles. The molecule has 0 N–H and O–H groups in total.